The van der Waals surface area contributed by atoms with Crippen molar-refractivity contribution in [1.29, 1.82) is 0 Å². The fraction of sp³-hybridized carbons (Fsp3) is 0.125. The van der Waals surface area contributed by atoms with Crippen molar-refractivity contribution in [2.24, 2.45) is 10.9 Å². The highest BCUT2D eigenvalue weighted by atomic mass is 32.2. The summed E-state index contributed by atoms with van der Waals surface area (Å²) in [6.45, 7) is 0. The van der Waals surface area contributed by atoms with Crippen molar-refractivity contribution in [2.75, 3.05) is 12.4 Å². The van der Waals surface area contributed by atoms with Crippen LogP contribution in [0.15, 0.2) is 23.1 Å². The lowest BCUT2D eigenvalue weighted by Gasteiger charge is -2.07. The Bertz CT molecular complexity index is 496. The number of rotatable bonds is 3. The summed E-state index contributed by atoms with van der Waals surface area (Å²) in [4.78, 5) is 10.9. The van der Waals surface area contributed by atoms with E-state index in [1.165, 1.54) is 18.2 Å². The Morgan fingerprint density at radius 3 is 2.40 bits per heavy atom. The van der Waals surface area contributed by atoms with Crippen LogP contribution in [0.1, 0.15) is 10.4 Å². The molecule has 0 aliphatic rings. The molecule has 0 heterocycles. The third kappa shape index (κ3) is 2.45. The van der Waals surface area contributed by atoms with Gasteiger partial charge < -0.3 is 11.1 Å². The Balaban J connectivity index is 3.38. The lowest BCUT2D eigenvalue weighted by molar-refractivity contribution is 0.100. The average Bonchev–Trinajstić information content (AvgIpc) is 2.15. The number of sulfonamides is 1. The number of anilines is 1. The largest absolute Gasteiger partial charge is 0.387 e. The molecule has 0 aromatic heterocycles. The van der Waals surface area contributed by atoms with E-state index in [2.05, 4.69) is 5.32 Å². The topological polar surface area (TPSA) is 115 Å². The molecule has 0 bridgehead atoms. The molecule has 1 amide bonds. The normalized spacial score (nSPS) is 11.1. The van der Waals surface area contributed by atoms with Gasteiger partial charge >= 0.3 is 0 Å². The number of primary amides is 1. The quantitative estimate of drug-likeness (QED) is 0.646. The Hall–Kier alpha value is -1.60. The van der Waals surface area contributed by atoms with Crippen LogP contribution in [0.2, 0.25) is 0 Å². The summed E-state index contributed by atoms with van der Waals surface area (Å²) in [6.07, 6.45) is 0. The molecule has 1 aromatic carbocycles. The van der Waals surface area contributed by atoms with Crippen molar-refractivity contribution < 1.29 is 13.2 Å². The van der Waals surface area contributed by atoms with E-state index < -0.39 is 15.9 Å². The molecule has 0 fully saturated rings. The predicted molar refractivity (Wildman–Crippen MR) is 55.9 cm³/mol. The summed E-state index contributed by atoms with van der Waals surface area (Å²) in [5, 5.41) is 7.60. The minimum Gasteiger partial charge on any atom is -0.387 e. The smallest absolute Gasteiger partial charge is 0.250 e. The molecule has 0 spiro atoms. The molecule has 1 rings (SSSR count). The van der Waals surface area contributed by atoms with E-state index in [0.717, 1.165) is 0 Å². The van der Waals surface area contributed by atoms with Gasteiger partial charge in [-0.15, -0.1) is 0 Å². The first kappa shape index (κ1) is 11.5. The van der Waals surface area contributed by atoms with E-state index in [0.29, 0.717) is 5.69 Å². The summed E-state index contributed by atoms with van der Waals surface area (Å²) >= 11 is 0. The van der Waals surface area contributed by atoms with Crippen LogP contribution in [-0.4, -0.2) is 21.4 Å². The molecule has 1 aromatic rings. The zero-order valence-corrected chi connectivity index (χ0v) is 8.84. The van der Waals surface area contributed by atoms with Crippen molar-refractivity contribution in [3.05, 3.63) is 23.8 Å². The number of primary sulfonamides is 1. The highest BCUT2D eigenvalue weighted by Gasteiger charge is 2.13. The maximum atomic E-state index is 11.0. The molecule has 0 radical (unpaired) electrons. The second kappa shape index (κ2) is 3.87. The Morgan fingerprint density at radius 1 is 1.40 bits per heavy atom. The van der Waals surface area contributed by atoms with E-state index in [9.17, 15) is 13.2 Å². The summed E-state index contributed by atoms with van der Waals surface area (Å²) < 4.78 is 22.0. The molecular weight excluding hydrogens is 218 g/mol. The third-order valence-electron chi connectivity index (χ3n) is 1.85. The van der Waals surface area contributed by atoms with Crippen molar-refractivity contribution in [2.45, 2.75) is 4.90 Å². The second-order valence-corrected chi connectivity index (χ2v) is 4.43. The number of amides is 1. The Kier molecular flexibility index (Phi) is 2.96. The van der Waals surface area contributed by atoms with Gasteiger partial charge in [-0.3, -0.25) is 4.79 Å². The highest BCUT2D eigenvalue weighted by Crippen LogP contribution is 2.19. The molecule has 15 heavy (non-hydrogen) atoms. The molecular formula is C8H11N3O3S. The Morgan fingerprint density at radius 2 is 2.00 bits per heavy atom. The molecule has 0 saturated heterocycles. The minimum atomic E-state index is -3.77. The van der Waals surface area contributed by atoms with Crippen molar-refractivity contribution in [3.8, 4) is 0 Å². The minimum absolute atomic E-state index is 0.0724. The van der Waals surface area contributed by atoms with E-state index in [1.54, 1.807) is 7.05 Å². The van der Waals surface area contributed by atoms with Crippen LogP contribution in [0.3, 0.4) is 0 Å². The maximum absolute atomic E-state index is 11.0. The molecule has 82 valence electrons. The first-order chi connectivity index (χ1) is 6.86. The van der Waals surface area contributed by atoms with E-state index >= 15 is 0 Å². The van der Waals surface area contributed by atoms with Crippen LogP contribution in [0.4, 0.5) is 5.69 Å². The van der Waals surface area contributed by atoms with Crippen LogP contribution >= 0.6 is 0 Å². The number of carbonyl (C=O) groups is 1. The van der Waals surface area contributed by atoms with Crippen LogP contribution in [0, 0.1) is 0 Å². The van der Waals surface area contributed by atoms with Gasteiger partial charge in [0.15, 0.2) is 0 Å². The van der Waals surface area contributed by atoms with E-state index in [4.69, 9.17) is 10.9 Å². The molecule has 0 saturated carbocycles. The maximum Gasteiger partial charge on any atom is 0.250 e. The second-order valence-electron chi connectivity index (χ2n) is 2.87. The van der Waals surface area contributed by atoms with Gasteiger partial charge in [-0.05, 0) is 18.2 Å². The van der Waals surface area contributed by atoms with Gasteiger partial charge in [-0.2, -0.15) is 0 Å². The monoisotopic (exact) mass is 229 g/mol. The fourth-order valence-corrected chi connectivity index (χ4v) is 1.66. The highest BCUT2D eigenvalue weighted by molar-refractivity contribution is 7.89. The van der Waals surface area contributed by atoms with Crippen LogP contribution in [-0.2, 0) is 10.0 Å². The molecule has 0 aliphatic heterocycles. The number of hydrogen-bond acceptors (Lipinski definition) is 4. The number of nitrogens with two attached hydrogens (primary N) is 2. The third-order valence-corrected chi connectivity index (χ3v) is 2.77. The van der Waals surface area contributed by atoms with Gasteiger partial charge in [0.25, 0.3) is 5.91 Å². The number of nitrogens with one attached hydrogen (secondary N) is 1. The van der Waals surface area contributed by atoms with Gasteiger partial charge in [-0.25, -0.2) is 13.6 Å². The first-order valence-corrected chi connectivity index (χ1v) is 5.55. The average molecular weight is 229 g/mol. The number of benzene rings is 1. The summed E-state index contributed by atoms with van der Waals surface area (Å²) in [5.74, 6) is -0.639. The lowest BCUT2D eigenvalue weighted by atomic mass is 10.1. The standard InChI is InChI=1S/C8H11N3O3S/c1-11-7-4-5(15(10,13)14)2-3-6(7)8(9)12/h2-4,11H,1H3,(H2,9,12)(H2,10,13,14). The van der Waals surface area contributed by atoms with Crippen LogP contribution < -0.4 is 16.2 Å². The number of carbonyl (C=O) groups excluding carboxylic acids is 1. The molecule has 0 aliphatic carbocycles. The van der Waals surface area contributed by atoms with Gasteiger partial charge in [-0.1, -0.05) is 0 Å². The zero-order valence-electron chi connectivity index (χ0n) is 8.02. The van der Waals surface area contributed by atoms with Crippen molar-refractivity contribution >= 4 is 21.6 Å². The predicted octanol–water partition coefficient (Wildman–Crippen LogP) is -0.525. The zero-order chi connectivity index (χ0) is 11.6. The summed E-state index contributed by atoms with van der Waals surface area (Å²) in [7, 11) is -2.22. The Labute approximate surface area is 87.3 Å². The lowest BCUT2D eigenvalue weighted by Crippen LogP contribution is -2.16. The van der Waals surface area contributed by atoms with Gasteiger partial charge in [0.05, 0.1) is 10.5 Å². The van der Waals surface area contributed by atoms with E-state index in [1.807, 2.05) is 0 Å². The van der Waals surface area contributed by atoms with Crippen LogP contribution in [0.25, 0.3) is 0 Å². The molecule has 6 nitrogen and oxygen atoms in total. The van der Waals surface area contributed by atoms with Gasteiger partial charge in [0.2, 0.25) is 10.0 Å². The van der Waals surface area contributed by atoms with Gasteiger partial charge in [0.1, 0.15) is 0 Å². The SMILES string of the molecule is CNc1cc(S(N)(=O)=O)ccc1C(N)=O. The molecule has 7 heteroatoms. The summed E-state index contributed by atoms with van der Waals surface area (Å²) in [6, 6.07) is 3.81. The molecule has 5 N–H and O–H groups in total. The fourth-order valence-electron chi connectivity index (χ4n) is 1.12. The van der Waals surface area contributed by atoms with E-state index in [-0.39, 0.29) is 10.5 Å². The van der Waals surface area contributed by atoms with Gasteiger partial charge in [0, 0.05) is 12.7 Å². The summed E-state index contributed by atoms with van der Waals surface area (Å²) in [5.41, 5.74) is 5.63. The molecule has 0 unspecified atom stereocenters. The number of hydrogen-bond donors (Lipinski definition) is 3. The van der Waals surface area contributed by atoms with Crippen LogP contribution in [0.5, 0.6) is 0 Å². The van der Waals surface area contributed by atoms with Crippen molar-refractivity contribution in [1.82, 2.24) is 0 Å². The first-order valence-electron chi connectivity index (χ1n) is 4.00. The van der Waals surface area contributed by atoms with Crippen molar-refractivity contribution in [3.63, 3.8) is 0 Å². The molecule has 0 atom stereocenters.